The molecule has 2 aromatic carbocycles. The number of aryl methyl sites for hydroxylation is 2. The first kappa shape index (κ1) is 21.1. The molecule has 0 fully saturated rings. The van der Waals surface area contributed by atoms with Gasteiger partial charge in [0, 0.05) is 12.5 Å². The number of benzene rings is 2. The van der Waals surface area contributed by atoms with Crippen LogP contribution in [0.3, 0.4) is 0 Å². The molecule has 0 radical (unpaired) electrons. The minimum Gasteiger partial charge on any atom is -0.497 e. The highest BCUT2D eigenvalue weighted by Gasteiger charge is 2.20. The Morgan fingerprint density at radius 1 is 1.15 bits per heavy atom. The molecule has 0 atom stereocenters. The highest BCUT2D eigenvalue weighted by molar-refractivity contribution is 7.91. The van der Waals surface area contributed by atoms with Gasteiger partial charge in [-0.1, -0.05) is 6.07 Å². The Labute approximate surface area is 165 Å². The van der Waals surface area contributed by atoms with Crippen molar-refractivity contribution in [3.05, 3.63) is 47.5 Å². The standard InChI is InChI=1S/C19H22N2O4S.ClH/c1-25-15-6-8-17(20)18(12-15)21-19(22)9-10-26(23,24)16-7-5-13-3-2-4-14(13)11-16;/h5-8,11-12H,2-4,9-10,20H2,1H3,(H,21,22);1H. The molecule has 1 aliphatic rings. The summed E-state index contributed by atoms with van der Waals surface area (Å²) in [7, 11) is -1.99. The Morgan fingerprint density at radius 2 is 1.89 bits per heavy atom. The predicted molar refractivity (Wildman–Crippen MR) is 108 cm³/mol. The number of sulfone groups is 1. The molecule has 0 spiro atoms. The van der Waals surface area contributed by atoms with E-state index in [0.717, 1.165) is 24.8 Å². The summed E-state index contributed by atoms with van der Waals surface area (Å²) in [6.07, 6.45) is 2.83. The molecule has 3 N–H and O–H groups in total. The second-order valence-electron chi connectivity index (χ2n) is 6.35. The lowest BCUT2D eigenvalue weighted by Gasteiger charge is -2.10. The summed E-state index contributed by atoms with van der Waals surface area (Å²) < 4.78 is 30.2. The second kappa shape index (κ2) is 8.63. The molecule has 0 heterocycles. The number of carbonyl (C=O) groups excluding carboxylic acids is 1. The predicted octanol–water partition coefficient (Wildman–Crippen LogP) is 2.99. The van der Waals surface area contributed by atoms with E-state index >= 15 is 0 Å². The molecule has 0 aromatic heterocycles. The Kier molecular flexibility index (Phi) is 6.73. The molecule has 2 aromatic rings. The van der Waals surface area contributed by atoms with Crippen LogP contribution in [0.5, 0.6) is 5.75 Å². The van der Waals surface area contributed by atoms with E-state index in [1.807, 2.05) is 6.07 Å². The summed E-state index contributed by atoms with van der Waals surface area (Å²) >= 11 is 0. The summed E-state index contributed by atoms with van der Waals surface area (Å²) in [6, 6.07) is 10.2. The first-order valence-electron chi connectivity index (χ1n) is 8.47. The fourth-order valence-corrected chi connectivity index (χ4v) is 4.36. The Balaban J connectivity index is 0.00000261. The average molecular weight is 411 g/mol. The van der Waals surface area contributed by atoms with Gasteiger partial charge in [0.15, 0.2) is 9.84 Å². The minimum absolute atomic E-state index is 0. The zero-order valence-corrected chi connectivity index (χ0v) is 16.7. The van der Waals surface area contributed by atoms with Crippen molar-refractivity contribution in [3.8, 4) is 5.75 Å². The van der Waals surface area contributed by atoms with Crippen molar-refractivity contribution in [2.45, 2.75) is 30.6 Å². The molecule has 8 heteroatoms. The number of nitrogens with two attached hydrogens (primary N) is 1. The Bertz CT molecular complexity index is 945. The fourth-order valence-electron chi connectivity index (χ4n) is 3.07. The van der Waals surface area contributed by atoms with Crippen LogP contribution >= 0.6 is 12.4 Å². The Hall–Kier alpha value is -2.25. The van der Waals surface area contributed by atoms with Crippen molar-refractivity contribution in [2.24, 2.45) is 0 Å². The van der Waals surface area contributed by atoms with Gasteiger partial charge in [0.2, 0.25) is 5.91 Å². The molecule has 1 amide bonds. The summed E-state index contributed by atoms with van der Waals surface area (Å²) in [5.74, 6) is -0.100. The number of fused-ring (bicyclic) bond motifs is 1. The molecule has 3 rings (SSSR count). The van der Waals surface area contributed by atoms with E-state index in [4.69, 9.17) is 10.5 Å². The Morgan fingerprint density at radius 3 is 2.63 bits per heavy atom. The van der Waals surface area contributed by atoms with Gasteiger partial charge in [-0.05, 0) is 54.7 Å². The van der Waals surface area contributed by atoms with Crippen LogP contribution in [-0.4, -0.2) is 27.2 Å². The topological polar surface area (TPSA) is 98.5 Å². The zero-order valence-electron chi connectivity index (χ0n) is 15.0. The van der Waals surface area contributed by atoms with Gasteiger partial charge in [-0.3, -0.25) is 4.79 Å². The molecule has 27 heavy (non-hydrogen) atoms. The van der Waals surface area contributed by atoms with Gasteiger partial charge in [0.25, 0.3) is 0 Å². The summed E-state index contributed by atoms with van der Waals surface area (Å²) in [5, 5.41) is 2.64. The van der Waals surface area contributed by atoms with Crippen LogP contribution in [0.1, 0.15) is 24.0 Å². The number of anilines is 2. The first-order valence-corrected chi connectivity index (χ1v) is 10.1. The molecular weight excluding hydrogens is 388 g/mol. The third-order valence-electron chi connectivity index (χ3n) is 4.56. The van der Waals surface area contributed by atoms with E-state index in [1.54, 1.807) is 30.3 Å². The number of methoxy groups -OCH3 is 1. The van der Waals surface area contributed by atoms with Gasteiger partial charge in [-0.15, -0.1) is 12.4 Å². The number of hydrogen-bond donors (Lipinski definition) is 2. The molecule has 0 saturated heterocycles. The van der Waals surface area contributed by atoms with Crippen molar-refractivity contribution in [3.63, 3.8) is 0 Å². The lowest BCUT2D eigenvalue weighted by Crippen LogP contribution is -2.18. The third kappa shape index (κ3) is 4.93. The lowest BCUT2D eigenvalue weighted by molar-refractivity contribution is -0.115. The van der Waals surface area contributed by atoms with E-state index in [0.29, 0.717) is 17.1 Å². The number of halogens is 1. The zero-order chi connectivity index (χ0) is 18.7. The molecule has 6 nitrogen and oxygen atoms in total. The lowest BCUT2D eigenvalue weighted by atomic mass is 10.1. The van der Waals surface area contributed by atoms with Crippen LogP contribution in [0.2, 0.25) is 0 Å². The van der Waals surface area contributed by atoms with Crippen LogP contribution in [0.25, 0.3) is 0 Å². The number of ether oxygens (including phenoxy) is 1. The van der Waals surface area contributed by atoms with Crippen LogP contribution in [0.4, 0.5) is 11.4 Å². The van der Waals surface area contributed by atoms with E-state index in [1.165, 1.54) is 12.7 Å². The highest BCUT2D eigenvalue weighted by atomic mass is 35.5. The molecule has 0 unspecified atom stereocenters. The molecule has 0 aliphatic heterocycles. The van der Waals surface area contributed by atoms with Crippen molar-refractivity contribution < 1.29 is 17.9 Å². The largest absolute Gasteiger partial charge is 0.497 e. The van der Waals surface area contributed by atoms with E-state index in [9.17, 15) is 13.2 Å². The van der Waals surface area contributed by atoms with Gasteiger partial charge in [-0.25, -0.2) is 8.42 Å². The maximum absolute atomic E-state index is 12.5. The number of nitrogen functional groups attached to an aromatic ring is 1. The SMILES string of the molecule is COc1ccc(N)c(NC(=O)CCS(=O)(=O)c2ccc3c(c2)CCC3)c1.Cl. The molecule has 0 bridgehead atoms. The molecule has 0 saturated carbocycles. The van der Waals surface area contributed by atoms with Crippen LogP contribution in [-0.2, 0) is 27.5 Å². The van der Waals surface area contributed by atoms with Crippen molar-refractivity contribution in [1.29, 1.82) is 0 Å². The van der Waals surface area contributed by atoms with Crippen molar-refractivity contribution in [1.82, 2.24) is 0 Å². The van der Waals surface area contributed by atoms with Crippen LogP contribution < -0.4 is 15.8 Å². The highest BCUT2D eigenvalue weighted by Crippen LogP contribution is 2.26. The quantitative estimate of drug-likeness (QED) is 0.713. The summed E-state index contributed by atoms with van der Waals surface area (Å²) in [5.41, 5.74) is 8.94. The van der Waals surface area contributed by atoms with E-state index in [-0.39, 0.29) is 29.5 Å². The number of nitrogens with one attached hydrogen (secondary N) is 1. The van der Waals surface area contributed by atoms with E-state index < -0.39 is 15.7 Å². The van der Waals surface area contributed by atoms with Gasteiger partial charge >= 0.3 is 0 Å². The van der Waals surface area contributed by atoms with E-state index in [2.05, 4.69) is 5.32 Å². The number of rotatable bonds is 6. The average Bonchev–Trinajstić information content (AvgIpc) is 3.10. The first-order chi connectivity index (χ1) is 12.4. The maximum Gasteiger partial charge on any atom is 0.225 e. The number of hydrogen-bond acceptors (Lipinski definition) is 5. The van der Waals surface area contributed by atoms with Crippen molar-refractivity contribution >= 4 is 39.5 Å². The fraction of sp³-hybridized carbons (Fsp3) is 0.316. The second-order valence-corrected chi connectivity index (χ2v) is 8.46. The summed E-state index contributed by atoms with van der Waals surface area (Å²) in [4.78, 5) is 12.4. The smallest absolute Gasteiger partial charge is 0.225 e. The van der Waals surface area contributed by atoms with Crippen LogP contribution in [0.15, 0.2) is 41.3 Å². The van der Waals surface area contributed by atoms with Crippen LogP contribution in [0, 0.1) is 0 Å². The van der Waals surface area contributed by atoms with Gasteiger partial charge < -0.3 is 15.8 Å². The monoisotopic (exact) mass is 410 g/mol. The van der Waals surface area contributed by atoms with Gasteiger partial charge in [-0.2, -0.15) is 0 Å². The van der Waals surface area contributed by atoms with Gasteiger partial charge in [0.05, 0.1) is 29.1 Å². The molecule has 146 valence electrons. The molecular formula is C19H23ClN2O4S. The molecule has 1 aliphatic carbocycles. The van der Waals surface area contributed by atoms with Crippen molar-refractivity contribution in [2.75, 3.05) is 23.9 Å². The normalized spacial score (nSPS) is 12.8. The van der Waals surface area contributed by atoms with Gasteiger partial charge in [0.1, 0.15) is 5.75 Å². The number of carbonyl (C=O) groups is 1. The maximum atomic E-state index is 12.5. The number of amides is 1. The minimum atomic E-state index is -3.51. The summed E-state index contributed by atoms with van der Waals surface area (Å²) in [6.45, 7) is 0. The third-order valence-corrected chi connectivity index (χ3v) is 6.28.